The smallest absolute Gasteiger partial charge is 0.322 e. The van der Waals surface area contributed by atoms with Crippen LogP contribution < -0.4 is 20.1 Å². The molecule has 3 rings (SSSR count). The van der Waals surface area contributed by atoms with Crippen LogP contribution in [-0.4, -0.2) is 62.0 Å². The number of Topliss-reactive ketones (excluding diaryl/α,β-unsaturated/α-hetero) is 1. The zero-order valence-electron chi connectivity index (χ0n) is 16.4. The minimum Gasteiger partial charge on any atom is -0.497 e. The largest absolute Gasteiger partial charge is 0.497 e. The van der Waals surface area contributed by atoms with E-state index in [0.29, 0.717) is 36.3 Å². The number of likely N-dealkylation sites (tertiary alicyclic amines) is 1. The van der Waals surface area contributed by atoms with E-state index in [1.807, 2.05) is 0 Å². The summed E-state index contributed by atoms with van der Waals surface area (Å²) >= 11 is 0. The van der Waals surface area contributed by atoms with Crippen LogP contribution in [0.3, 0.4) is 0 Å². The number of imide groups is 1. The molecular formula is C20H27N3O5. The maximum atomic E-state index is 12.5. The van der Waals surface area contributed by atoms with E-state index >= 15 is 0 Å². The minimum absolute atomic E-state index is 0.0578. The van der Waals surface area contributed by atoms with Crippen molar-refractivity contribution in [2.45, 2.75) is 37.6 Å². The van der Waals surface area contributed by atoms with Crippen molar-refractivity contribution in [3.05, 3.63) is 23.8 Å². The zero-order chi connectivity index (χ0) is 20.1. The number of hydrogen-bond acceptors (Lipinski definition) is 6. The molecule has 0 radical (unpaired) electrons. The topological polar surface area (TPSA) is 97.0 Å². The van der Waals surface area contributed by atoms with E-state index < -0.39 is 11.6 Å². The normalized spacial score (nSPS) is 18.6. The van der Waals surface area contributed by atoms with Gasteiger partial charge in [0.25, 0.3) is 5.91 Å². The molecule has 152 valence electrons. The number of amides is 3. The lowest BCUT2D eigenvalue weighted by atomic mass is 9.87. The number of benzene rings is 1. The molecule has 1 aromatic rings. The zero-order valence-corrected chi connectivity index (χ0v) is 16.4. The molecule has 8 heteroatoms. The molecule has 0 atom stereocenters. The van der Waals surface area contributed by atoms with E-state index in [1.165, 1.54) is 0 Å². The number of rotatable bonds is 8. The van der Waals surface area contributed by atoms with Gasteiger partial charge in [0.1, 0.15) is 17.0 Å². The molecule has 3 amide bonds. The molecular weight excluding hydrogens is 362 g/mol. The highest BCUT2D eigenvalue weighted by atomic mass is 16.5. The van der Waals surface area contributed by atoms with E-state index in [9.17, 15) is 14.4 Å². The molecule has 2 aliphatic rings. The lowest BCUT2D eigenvalue weighted by Crippen LogP contribution is -2.54. The third-order valence-electron chi connectivity index (χ3n) is 5.56. The fraction of sp³-hybridized carbons (Fsp3) is 0.550. The van der Waals surface area contributed by atoms with Crippen molar-refractivity contribution in [3.8, 4) is 11.5 Å². The van der Waals surface area contributed by atoms with Crippen LogP contribution in [0.25, 0.3) is 0 Å². The second-order valence-electron chi connectivity index (χ2n) is 7.28. The minimum atomic E-state index is -0.728. The van der Waals surface area contributed by atoms with Crippen molar-refractivity contribution in [1.29, 1.82) is 0 Å². The SMILES string of the molecule is COc1ccc(C(=O)CCCCN2CCC3(CC2)NC(=O)NC3=O)c(OC)c1. The Morgan fingerprint density at radius 2 is 1.89 bits per heavy atom. The van der Waals surface area contributed by atoms with Crippen molar-refractivity contribution in [2.24, 2.45) is 0 Å². The van der Waals surface area contributed by atoms with Gasteiger partial charge in [0.15, 0.2) is 5.78 Å². The Bertz CT molecular complexity index is 756. The van der Waals surface area contributed by atoms with Crippen LogP contribution in [0.2, 0.25) is 0 Å². The summed E-state index contributed by atoms with van der Waals surface area (Å²) in [6.45, 7) is 2.39. The maximum Gasteiger partial charge on any atom is 0.322 e. The monoisotopic (exact) mass is 389 g/mol. The van der Waals surface area contributed by atoms with E-state index in [2.05, 4.69) is 15.5 Å². The molecule has 0 unspecified atom stereocenters. The second-order valence-corrected chi connectivity index (χ2v) is 7.28. The van der Waals surface area contributed by atoms with Crippen LogP contribution in [0, 0.1) is 0 Å². The lowest BCUT2D eigenvalue weighted by Gasteiger charge is -2.36. The van der Waals surface area contributed by atoms with Crippen LogP contribution in [0.15, 0.2) is 18.2 Å². The average molecular weight is 389 g/mol. The molecule has 1 spiro atoms. The summed E-state index contributed by atoms with van der Waals surface area (Å²) in [6, 6.07) is 4.82. The second kappa shape index (κ2) is 8.60. The fourth-order valence-electron chi connectivity index (χ4n) is 3.82. The van der Waals surface area contributed by atoms with Gasteiger partial charge < -0.3 is 19.7 Å². The molecule has 0 bridgehead atoms. The van der Waals surface area contributed by atoms with Gasteiger partial charge in [-0.25, -0.2) is 4.79 Å². The molecule has 0 saturated carbocycles. The first-order valence-electron chi connectivity index (χ1n) is 9.58. The summed E-state index contributed by atoms with van der Waals surface area (Å²) in [7, 11) is 3.12. The molecule has 2 aliphatic heterocycles. The summed E-state index contributed by atoms with van der Waals surface area (Å²) in [6.07, 6.45) is 3.38. The standard InChI is InChI=1S/C20H27N3O5/c1-27-14-6-7-15(17(13-14)28-2)16(24)5-3-4-10-23-11-8-20(9-12-23)18(25)21-19(26)22-20/h6-7,13H,3-5,8-12H2,1-2H3,(H2,21,22,25,26). The van der Waals surface area contributed by atoms with Gasteiger partial charge in [0.05, 0.1) is 19.8 Å². The summed E-state index contributed by atoms with van der Waals surface area (Å²) < 4.78 is 10.5. The van der Waals surface area contributed by atoms with E-state index in [4.69, 9.17) is 9.47 Å². The fourth-order valence-corrected chi connectivity index (χ4v) is 3.82. The van der Waals surface area contributed by atoms with Crippen molar-refractivity contribution >= 4 is 17.7 Å². The Morgan fingerprint density at radius 3 is 2.50 bits per heavy atom. The van der Waals surface area contributed by atoms with Crippen molar-refractivity contribution in [2.75, 3.05) is 33.9 Å². The van der Waals surface area contributed by atoms with Gasteiger partial charge >= 0.3 is 6.03 Å². The van der Waals surface area contributed by atoms with Crippen LogP contribution in [0.5, 0.6) is 11.5 Å². The number of piperidine rings is 1. The number of hydrogen-bond donors (Lipinski definition) is 2. The van der Waals surface area contributed by atoms with Crippen molar-refractivity contribution < 1.29 is 23.9 Å². The number of unbranched alkanes of at least 4 members (excludes halogenated alkanes) is 1. The van der Waals surface area contributed by atoms with Gasteiger partial charge in [0.2, 0.25) is 0 Å². The highest BCUT2D eigenvalue weighted by Gasteiger charge is 2.47. The molecule has 0 aromatic heterocycles. The number of urea groups is 1. The molecule has 2 heterocycles. The first-order valence-corrected chi connectivity index (χ1v) is 9.58. The number of carbonyl (C=O) groups is 3. The Balaban J connectivity index is 1.41. The summed E-state index contributed by atoms with van der Waals surface area (Å²) in [5.74, 6) is 1.03. The highest BCUT2D eigenvalue weighted by Crippen LogP contribution is 2.27. The van der Waals surface area contributed by atoms with E-state index in [-0.39, 0.29) is 11.7 Å². The third kappa shape index (κ3) is 4.27. The number of nitrogens with one attached hydrogen (secondary N) is 2. The van der Waals surface area contributed by atoms with Crippen LogP contribution in [0.1, 0.15) is 42.5 Å². The molecule has 2 fully saturated rings. The number of carbonyl (C=O) groups excluding carboxylic acids is 3. The highest BCUT2D eigenvalue weighted by molar-refractivity contribution is 6.07. The number of methoxy groups -OCH3 is 2. The molecule has 0 aliphatic carbocycles. The molecule has 2 saturated heterocycles. The van der Waals surface area contributed by atoms with Gasteiger partial charge in [-0.2, -0.15) is 0 Å². The predicted molar refractivity (Wildman–Crippen MR) is 103 cm³/mol. The van der Waals surface area contributed by atoms with Crippen molar-refractivity contribution in [1.82, 2.24) is 15.5 Å². The van der Waals surface area contributed by atoms with E-state index in [1.54, 1.807) is 32.4 Å². The number of ketones is 1. The molecule has 8 nitrogen and oxygen atoms in total. The van der Waals surface area contributed by atoms with E-state index in [0.717, 1.165) is 32.5 Å². The summed E-state index contributed by atoms with van der Waals surface area (Å²) in [4.78, 5) is 38.1. The quantitative estimate of drug-likeness (QED) is 0.399. The molecule has 28 heavy (non-hydrogen) atoms. The van der Waals surface area contributed by atoms with Gasteiger partial charge in [-0.15, -0.1) is 0 Å². The summed E-state index contributed by atoms with van der Waals surface area (Å²) in [5, 5.41) is 5.09. The van der Waals surface area contributed by atoms with Gasteiger partial charge in [-0.05, 0) is 44.4 Å². The lowest BCUT2D eigenvalue weighted by molar-refractivity contribution is -0.125. The first-order chi connectivity index (χ1) is 13.5. The summed E-state index contributed by atoms with van der Waals surface area (Å²) in [5.41, 5.74) is -0.153. The Labute approximate surface area is 164 Å². The van der Waals surface area contributed by atoms with Crippen LogP contribution >= 0.6 is 0 Å². The number of ether oxygens (including phenoxy) is 2. The van der Waals surface area contributed by atoms with Gasteiger partial charge in [-0.1, -0.05) is 0 Å². The Morgan fingerprint density at radius 1 is 1.14 bits per heavy atom. The van der Waals surface area contributed by atoms with Crippen molar-refractivity contribution in [3.63, 3.8) is 0 Å². The molecule has 1 aromatic carbocycles. The Hall–Kier alpha value is -2.61. The van der Waals surface area contributed by atoms with Gasteiger partial charge in [-0.3, -0.25) is 14.9 Å². The third-order valence-corrected chi connectivity index (χ3v) is 5.56. The van der Waals surface area contributed by atoms with Gasteiger partial charge in [0, 0.05) is 25.6 Å². The van der Waals surface area contributed by atoms with Crippen LogP contribution in [0.4, 0.5) is 4.79 Å². The Kier molecular flexibility index (Phi) is 6.18. The maximum absolute atomic E-state index is 12.5. The molecule has 2 N–H and O–H groups in total. The first kappa shape index (κ1) is 20.1. The van der Waals surface area contributed by atoms with Crippen LogP contribution in [-0.2, 0) is 4.79 Å². The predicted octanol–water partition coefficient (Wildman–Crippen LogP) is 1.73. The number of nitrogens with zero attached hydrogens (tertiary/aromatic N) is 1. The average Bonchev–Trinajstić information content (AvgIpc) is 2.98.